The van der Waals surface area contributed by atoms with Crippen LogP contribution in [-0.2, 0) is 0 Å². The summed E-state index contributed by atoms with van der Waals surface area (Å²) in [6.45, 7) is 0. The van der Waals surface area contributed by atoms with E-state index in [-0.39, 0.29) is 6.04 Å². The third-order valence-corrected chi connectivity index (χ3v) is 3.55. The quantitative estimate of drug-likeness (QED) is 0.817. The molecule has 2 aromatic carbocycles. The summed E-state index contributed by atoms with van der Waals surface area (Å²) in [5, 5.41) is 22.4. The third-order valence-electron chi connectivity index (χ3n) is 3.55. The number of rotatable bonds is 1. The van der Waals surface area contributed by atoms with Gasteiger partial charge < -0.3 is 10.4 Å². The minimum atomic E-state index is -0.446. The lowest BCUT2D eigenvalue weighted by Crippen LogP contribution is -2.21. The van der Waals surface area contributed by atoms with Gasteiger partial charge in [-0.25, -0.2) is 0 Å². The van der Waals surface area contributed by atoms with E-state index in [1.54, 1.807) is 0 Å². The molecule has 0 radical (unpaired) electrons. The van der Waals surface area contributed by atoms with Gasteiger partial charge in [0, 0.05) is 17.7 Å². The Balaban J connectivity index is 1.90. The van der Waals surface area contributed by atoms with Crippen LogP contribution in [0.2, 0.25) is 0 Å². The molecule has 0 amide bonds. The number of hydrogen-bond donors (Lipinski definition) is 2. The fourth-order valence-electron chi connectivity index (χ4n) is 2.53. The molecule has 2 atom stereocenters. The topological polar surface area (TPSA) is 56.0 Å². The number of aliphatic hydroxyl groups is 1. The maximum atomic E-state index is 10.2. The van der Waals surface area contributed by atoms with Gasteiger partial charge in [-0.1, -0.05) is 30.3 Å². The molecular formula is C16H14N2O. The Morgan fingerprint density at radius 3 is 2.58 bits per heavy atom. The smallest absolute Gasteiger partial charge is 0.0991 e. The van der Waals surface area contributed by atoms with Crippen molar-refractivity contribution in [3.05, 3.63) is 65.2 Å². The van der Waals surface area contributed by atoms with E-state index in [0.717, 1.165) is 16.8 Å². The SMILES string of the molecule is N#Cc1ccc(C2CC(O)c3ccccc3N2)cc1. The van der Waals surface area contributed by atoms with E-state index >= 15 is 0 Å². The fraction of sp³-hybridized carbons (Fsp3) is 0.188. The van der Waals surface area contributed by atoms with Crippen LogP contribution in [0.4, 0.5) is 5.69 Å². The van der Waals surface area contributed by atoms with E-state index < -0.39 is 6.10 Å². The number of fused-ring (bicyclic) bond motifs is 1. The first kappa shape index (κ1) is 11.8. The predicted molar refractivity (Wildman–Crippen MR) is 73.5 cm³/mol. The van der Waals surface area contributed by atoms with Gasteiger partial charge in [0.2, 0.25) is 0 Å². The van der Waals surface area contributed by atoms with E-state index in [9.17, 15) is 5.11 Å². The molecule has 1 aliphatic rings. The van der Waals surface area contributed by atoms with Crippen LogP contribution in [0.25, 0.3) is 0 Å². The first-order chi connectivity index (χ1) is 9.28. The van der Waals surface area contributed by atoms with Crippen LogP contribution in [0.3, 0.4) is 0 Å². The Labute approximate surface area is 112 Å². The second-order valence-electron chi connectivity index (χ2n) is 4.77. The average Bonchev–Trinajstić information content (AvgIpc) is 2.47. The lowest BCUT2D eigenvalue weighted by Gasteiger charge is -2.30. The van der Waals surface area contributed by atoms with Gasteiger partial charge in [0.15, 0.2) is 0 Å². The summed E-state index contributed by atoms with van der Waals surface area (Å²) >= 11 is 0. The first-order valence-corrected chi connectivity index (χ1v) is 6.31. The molecule has 0 saturated heterocycles. The van der Waals surface area contributed by atoms with Crippen molar-refractivity contribution in [2.24, 2.45) is 0 Å². The summed E-state index contributed by atoms with van der Waals surface area (Å²) in [7, 11) is 0. The van der Waals surface area contributed by atoms with Crippen molar-refractivity contribution in [2.45, 2.75) is 18.6 Å². The zero-order valence-electron chi connectivity index (χ0n) is 10.4. The van der Waals surface area contributed by atoms with Crippen LogP contribution in [0.5, 0.6) is 0 Å². The number of aliphatic hydroxyl groups excluding tert-OH is 1. The molecule has 2 aromatic rings. The standard InChI is InChI=1S/C16H14N2O/c17-10-11-5-7-12(8-6-11)15-9-16(19)13-3-1-2-4-14(13)18-15/h1-8,15-16,18-19H,9H2. The molecule has 1 aliphatic heterocycles. The highest BCUT2D eigenvalue weighted by atomic mass is 16.3. The minimum Gasteiger partial charge on any atom is -0.388 e. The molecule has 0 fully saturated rings. The van der Waals surface area contributed by atoms with Gasteiger partial charge in [0.1, 0.15) is 0 Å². The number of anilines is 1. The summed E-state index contributed by atoms with van der Waals surface area (Å²) < 4.78 is 0. The molecule has 3 nitrogen and oxygen atoms in total. The van der Waals surface area contributed by atoms with Gasteiger partial charge in [-0.15, -0.1) is 0 Å². The largest absolute Gasteiger partial charge is 0.388 e. The monoisotopic (exact) mass is 250 g/mol. The van der Waals surface area contributed by atoms with E-state index in [1.165, 1.54) is 0 Å². The second kappa shape index (κ2) is 4.75. The van der Waals surface area contributed by atoms with Crippen LogP contribution in [0.1, 0.15) is 35.3 Å². The zero-order chi connectivity index (χ0) is 13.2. The van der Waals surface area contributed by atoms with E-state index in [4.69, 9.17) is 5.26 Å². The highest BCUT2D eigenvalue weighted by Gasteiger charge is 2.25. The Morgan fingerprint density at radius 1 is 1.11 bits per heavy atom. The molecular weight excluding hydrogens is 236 g/mol. The number of nitriles is 1. The summed E-state index contributed by atoms with van der Waals surface area (Å²) in [6, 6.07) is 17.5. The molecule has 19 heavy (non-hydrogen) atoms. The molecule has 0 saturated carbocycles. The molecule has 3 heteroatoms. The highest BCUT2D eigenvalue weighted by Crippen LogP contribution is 2.38. The van der Waals surface area contributed by atoms with Crippen molar-refractivity contribution in [1.82, 2.24) is 0 Å². The number of nitrogens with zero attached hydrogens (tertiary/aromatic N) is 1. The van der Waals surface area contributed by atoms with Crippen molar-refractivity contribution >= 4 is 5.69 Å². The van der Waals surface area contributed by atoms with E-state index in [0.29, 0.717) is 12.0 Å². The Hall–Kier alpha value is -2.31. The second-order valence-corrected chi connectivity index (χ2v) is 4.77. The molecule has 0 aromatic heterocycles. The molecule has 0 spiro atoms. The number of nitrogens with one attached hydrogen (secondary N) is 1. The van der Waals surface area contributed by atoms with Gasteiger partial charge in [-0.3, -0.25) is 0 Å². The van der Waals surface area contributed by atoms with Gasteiger partial charge in [0.05, 0.1) is 23.8 Å². The average molecular weight is 250 g/mol. The molecule has 94 valence electrons. The summed E-state index contributed by atoms with van der Waals surface area (Å²) in [5.74, 6) is 0. The van der Waals surface area contributed by atoms with Crippen molar-refractivity contribution in [3.8, 4) is 6.07 Å². The molecule has 0 aliphatic carbocycles. The lowest BCUT2D eigenvalue weighted by molar-refractivity contribution is 0.156. The fourth-order valence-corrected chi connectivity index (χ4v) is 2.53. The predicted octanol–water partition coefficient (Wildman–Crippen LogP) is 3.15. The highest BCUT2D eigenvalue weighted by molar-refractivity contribution is 5.56. The van der Waals surface area contributed by atoms with E-state index in [2.05, 4.69) is 11.4 Å². The molecule has 1 heterocycles. The molecule has 2 N–H and O–H groups in total. The Morgan fingerprint density at radius 2 is 1.84 bits per heavy atom. The van der Waals surface area contributed by atoms with Gasteiger partial charge in [-0.05, 0) is 23.8 Å². The number of benzene rings is 2. The van der Waals surface area contributed by atoms with Gasteiger partial charge in [-0.2, -0.15) is 5.26 Å². The number of para-hydroxylation sites is 1. The van der Waals surface area contributed by atoms with Crippen LogP contribution >= 0.6 is 0 Å². The Bertz CT molecular complexity index is 628. The van der Waals surface area contributed by atoms with Crippen molar-refractivity contribution in [2.75, 3.05) is 5.32 Å². The van der Waals surface area contributed by atoms with Crippen molar-refractivity contribution < 1.29 is 5.11 Å². The van der Waals surface area contributed by atoms with E-state index in [1.807, 2.05) is 48.5 Å². The summed E-state index contributed by atoms with van der Waals surface area (Å²) in [4.78, 5) is 0. The van der Waals surface area contributed by atoms with Gasteiger partial charge in [0.25, 0.3) is 0 Å². The van der Waals surface area contributed by atoms with Crippen LogP contribution in [-0.4, -0.2) is 5.11 Å². The first-order valence-electron chi connectivity index (χ1n) is 6.31. The van der Waals surface area contributed by atoms with Crippen molar-refractivity contribution in [1.29, 1.82) is 5.26 Å². The van der Waals surface area contributed by atoms with Crippen LogP contribution < -0.4 is 5.32 Å². The Kier molecular flexibility index (Phi) is 2.94. The number of hydrogen-bond acceptors (Lipinski definition) is 3. The summed E-state index contributed by atoms with van der Waals surface area (Å²) in [5.41, 5.74) is 3.68. The lowest BCUT2D eigenvalue weighted by atomic mass is 9.91. The minimum absolute atomic E-state index is 0.0812. The maximum absolute atomic E-state index is 10.2. The van der Waals surface area contributed by atoms with Crippen LogP contribution in [0, 0.1) is 11.3 Å². The zero-order valence-corrected chi connectivity index (χ0v) is 10.4. The van der Waals surface area contributed by atoms with Crippen molar-refractivity contribution in [3.63, 3.8) is 0 Å². The third kappa shape index (κ3) is 2.18. The van der Waals surface area contributed by atoms with Crippen LogP contribution in [0.15, 0.2) is 48.5 Å². The molecule has 0 bridgehead atoms. The maximum Gasteiger partial charge on any atom is 0.0991 e. The van der Waals surface area contributed by atoms with Gasteiger partial charge >= 0.3 is 0 Å². The normalized spacial score (nSPS) is 21.1. The summed E-state index contributed by atoms with van der Waals surface area (Å²) in [6.07, 6.45) is 0.196. The molecule has 2 unspecified atom stereocenters. The molecule has 3 rings (SSSR count).